The predicted octanol–water partition coefficient (Wildman–Crippen LogP) is 4.36. The van der Waals surface area contributed by atoms with Gasteiger partial charge >= 0.3 is 5.97 Å². The number of halogens is 2. The lowest BCUT2D eigenvalue weighted by Gasteiger charge is -2.12. The summed E-state index contributed by atoms with van der Waals surface area (Å²) in [5.41, 5.74) is 0.656. The van der Waals surface area contributed by atoms with Gasteiger partial charge < -0.3 is 19.0 Å². The zero-order valence-electron chi connectivity index (χ0n) is 13.9. The first kappa shape index (κ1) is 19.4. The second-order valence-corrected chi connectivity index (χ2v) is 6.85. The maximum atomic E-state index is 12.4. The summed E-state index contributed by atoms with van der Waals surface area (Å²) in [4.78, 5) is 22.9. The minimum absolute atomic E-state index is 0.103. The van der Waals surface area contributed by atoms with E-state index >= 15 is 0 Å². The molecule has 3 aromatic rings. The Kier molecular flexibility index (Phi) is 6.15. The average Bonchev–Trinajstić information content (AvgIpc) is 2.62. The fraction of sp³-hybridized carbons (Fsp3) is 0.158. The highest BCUT2D eigenvalue weighted by Crippen LogP contribution is 2.34. The number of carbonyl (C=O) groups is 1. The highest BCUT2D eigenvalue weighted by molar-refractivity contribution is 9.10. The zero-order valence-corrected chi connectivity index (χ0v) is 16.2. The van der Waals surface area contributed by atoms with Gasteiger partial charge in [0.1, 0.15) is 24.7 Å². The van der Waals surface area contributed by atoms with E-state index < -0.39 is 12.6 Å². The highest BCUT2D eigenvalue weighted by Gasteiger charge is 2.14. The first-order valence-corrected chi connectivity index (χ1v) is 9.07. The Hall–Kier alpha value is -2.35. The number of ether oxygens (including phenoxy) is 2. The van der Waals surface area contributed by atoms with Gasteiger partial charge in [-0.3, -0.25) is 4.79 Å². The lowest BCUT2D eigenvalue weighted by Crippen LogP contribution is -2.13. The fourth-order valence-corrected chi connectivity index (χ4v) is 3.02. The van der Waals surface area contributed by atoms with E-state index in [-0.39, 0.29) is 18.6 Å². The molecule has 1 N–H and O–H groups in total. The van der Waals surface area contributed by atoms with E-state index in [4.69, 9.17) is 30.6 Å². The van der Waals surface area contributed by atoms with E-state index in [2.05, 4.69) is 15.9 Å². The molecule has 0 radical (unpaired) electrons. The maximum absolute atomic E-state index is 12.4. The van der Waals surface area contributed by atoms with Gasteiger partial charge in [0.2, 0.25) is 0 Å². The van der Waals surface area contributed by atoms with Crippen molar-refractivity contribution in [3.05, 3.63) is 62.2 Å². The summed E-state index contributed by atoms with van der Waals surface area (Å²) in [6.45, 7) is -0.159. The highest BCUT2D eigenvalue weighted by atomic mass is 79.9. The number of hydrogen-bond donors (Lipinski definition) is 1. The van der Waals surface area contributed by atoms with Gasteiger partial charge in [-0.1, -0.05) is 33.6 Å². The molecule has 0 amide bonds. The number of rotatable bonds is 7. The average molecular weight is 454 g/mol. The lowest BCUT2D eigenvalue weighted by molar-refractivity contribution is -0.142. The number of benzene rings is 2. The van der Waals surface area contributed by atoms with Crippen LogP contribution in [0.1, 0.15) is 0 Å². The summed E-state index contributed by atoms with van der Waals surface area (Å²) in [5.74, 6) is -0.277. The molecule has 8 heteroatoms. The number of hydrogen-bond acceptors (Lipinski definition) is 5. The number of carboxylic acids is 1. The summed E-state index contributed by atoms with van der Waals surface area (Å²) < 4.78 is 17.3. The molecule has 0 bridgehead atoms. The molecule has 1 aromatic heterocycles. The van der Waals surface area contributed by atoms with Crippen molar-refractivity contribution < 1.29 is 23.8 Å². The Bertz CT molecular complexity index is 1050. The second kappa shape index (κ2) is 8.56. The molecule has 0 atom stereocenters. The largest absolute Gasteiger partial charge is 0.490 e. The monoisotopic (exact) mass is 452 g/mol. The van der Waals surface area contributed by atoms with E-state index in [1.807, 2.05) is 0 Å². The van der Waals surface area contributed by atoms with Crippen molar-refractivity contribution >= 4 is 44.5 Å². The third-order valence-electron chi connectivity index (χ3n) is 3.63. The molecule has 0 saturated carbocycles. The molecule has 0 aliphatic carbocycles. The maximum Gasteiger partial charge on any atom is 0.329 e. The Labute approximate surface area is 167 Å². The van der Waals surface area contributed by atoms with Crippen molar-refractivity contribution in [2.45, 2.75) is 0 Å². The molecule has 0 saturated heterocycles. The number of aliphatic carboxylic acids is 1. The Morgan fingerprint density at radius 1 is 1.19 bits per heavy atom. The van der Waals surface area contributed by atoms with Gasteiger partial charge in [-0.15, -0.1) is 0 Å². The van der Waals surface area contributed by atoms with Crippen molar-refractivity contribution in [3.63, 3.8) is 0 Å². The van der Waals surface area contributed by atoms with Gasteiger partial charge in [0.05, 0.1) is 22.6 Å². The van der Waals surface area contributed by atoms with E-state index in [9.17, 15) is 9.59 Å². The molecule has 0 unspecified atom stereocenters. The summed E-state index contributed by atoms with van der Waals surface area (Å²) >= 11 is 9.54. The minimum atomic E-state index is -1.05. The van der Waals surface area contributed by atoms with Gasteiger partial charge in [0.15, 0.2) is 11.0 Å². The van der Waals surface area contributed by atoms with Gasteiger partial charge in [-0.25, -0.2) is 4.79 Å². The Morgan fingerprint density at radius 3 is 2.78 bits per heavy atom. The molecule has 0 fully saturated rings. The predicted molar refractivity (Wildman–Crippen MR) is 105 cm³/mol. The third kappa shape index (κ3) is 4.68. The summed E-state index contributed by atoms with van der Waals surface area (Å²) in [7, 11) is 0. The fourth-order valence-electron chi connectivity index (χ4n) is 2.46. The van der Waals surface area contributed by atoms with Gasteiger partial charge in [-0.05, 0) is 30.3 Å². The van der Waals surface area contributed by atoms with Crippen LogP contribution >= 0.6 is 27.5 Å². The smallest absolute Gasteiger partial charge is 0.329 e. The Balaban J connectivity index is 1.92. The van der Waals surface area contributed by atoms with Crippen LogP contribution in [0.2, 0.25) is 5.02 Å². The first-order chi connectivity index (χ1) is 13.0. The molecule has 27 heavy (non-hydrogen) atoms. The molecule has 0 aliphatic heterocycles. The topological polar surface area (TPSA) is 86.0 Å². The normalized spacial score (nSPS) is 10.9. The van der Waals surface area contributed by atoms with Crippen molar-refractivity contribution in [1.29, 1.82) is 0 Å². The van der Waals surface area contributed by atoms with E-state index in [1.54, 1.807) is 36.4 Å². The van der Waals surface area contributed by atoms with E-state index in [0.717, 1.165) is 4.47 Å². The first-order valence-electron chi connectivity index (χ1n) is 7.90. The third-order valence-corrected chi connectivity index (χ3v) is 4.42. The number of fused-ring (bicyclic) bond motifs is 1. The van der Waals surface area contributed by atoms with Crippen LogP contribution in [0.3, 0.4) is 0 Å². The van der Waals surface area contributed by atoms with E-state index in [0.29, 0.717) is 33.1 Å². The quantitative estimate of drug-likeness (QED) is 0.535. The number of para-hydroxylation sites is 1. The minimum Gasteiger partial charge on any atom is -0.490 e. The molecule has 3 rings (SSSR count). The van der Waals surface area contributed by atoms with Crippen molar-refractivity contribution in [3.8, 4) is 17.1 Å². The van der Waals surface area contributed by atoms with E-state index in [1.165, 1.54) is 6.07 Å². The molecular formula is C19H14BrClO6. The molecule has 1 heterocycles. The van der Waals surface area contributed by atoms with Gasteiger partial charge in [-0.2, -0.15) is 0 Å². The van der Waals surface area contributed by atoms with Gasteiger partial charge in [0, 0.05) is 10.5 Å². The zero-order chi connectivity index (χ0) is 19.4. The van der Waals surface area contributed by atoms with Crippen LogP contribution in [-0.2, 0) is 9.53 Å². The van der Waals surface area contributed by atoms with Crippen molar-refractivity contribution in [2.24, 2.45) is 0 Å². The van der Waals surface area contributed by atoms with Crippen LogP contribution in [0.25, 0.3) is 22.3 Å². The molecule has 6 nitrogen and oxygen atoms in total. The molecule has 0 aliphatic rings. The van der Waals surface area contributed by atoms with Crippen LogP contribution in [0, 0.1) is 0 Å². The lowest BCUT2D eigenvalue weighted by atomic mass is 10.1. The summed E-state index contributed by atoms with van der Waals surface area (Å²) in [6, 6.07) is 11.6. The van der Waals surface area contributed by atoms with Crippen LogP contribution in [0.5, 0.6) is 5.75 Å². The van der Waals surface area contributed by atoms with Crippen LogP contribution < -0.4 is 10.2 Å². The van der Waals surface area contributed by atoms with Crippen molar-refractivity contribution in [2.75, 3.05) is 19.8 Å². The van der Waals surface area contributed by atoms with Gasteiger partial charge in [0.25, 0.3) is 0 Å². The molecule has 140 valence electrons. The Morgan fingerprint density at radius 2 is 2.00 bits per heavy atom. The second-order valence-electron chi connectivity index (χ2n) is 5.53. The molecular weight excluding hydrogens is 440 g/mol. The molecule has 0 spiro atoms. The van der Waals surface area contributed by atoms with Crippen LogP contribution in [0.4, 0.5) is 0 Å². The SMILES string of the molecule is O=C(O)COCCOc1cc(Br)ccc1-c1cc(=O)c2cccc(Cl)c2o1. The summed E-state index contributed by atoms with van der Waals surface area (Å²) in [6.07, 6.45) is 0. The standard InChI is InChI=1S/C19H14BrClO6/c20-11-4-5-13(16(8-11)26-7-6-25-10-18(23)24)17-9-15(22)12-2-1-3-14(21)19(12)27-17/h1-5,8-9H,6-7,10H2,(H,23,24). The van der Waals surface area contributed by atoms with Crippen LogP contribution in [0.15, 0.2) is 56.1 Å². The number of carboxylic acid groups (broad SMARTS) is 1. The summed E-state index contributed by atoms with van der Waals surface area (Å²) in [5, 5.41) is 9.31. The van der Waals surface area contributed by atoms with Crippen LogP contribution in [-0.4, -0.2) is 30.9 Å². The molecule has 2 aromatic carbocycles. The van der Waals surface area contributed by atoms with Crippen molar-refractivity contribution in [1.82, 2.24) is 0 Å².